The van der Waals surface area contributed by atoms with Crippen molar-refractivity contribution in [1.82, 2.24) is 4.90 Å². The van der Waals surface area contributed by atoms with Crippen molar-refractivity contribution in [2.75, 3.05) is 13.7 Å². The van der Waals surface area contributed by atoms with E-state index < -0.39 is 5.82 Å². The number of phenols is 1. The van der Waals surface area contributed by atoms with E-state index in [0.717, 1.165) is 0 Å². The fourth-order valence-electron chi connectivity index (χ4n) is 2.91. The normalized spacial score (nSPS) is 16.7. The summed E-state index contributed by atoms with van der Waals surface area (Å²) < 4.78 is 19.2. The van der Waals surface area contributed by atoms with Crippen molar-refractivity contribution in [1.29, 1.82) is 0 Å². The number of hydrogen-bond donors (Lipinski definition) is 1. The number of rotatable bonds is 6. The molecule has 3 rings (SSSR count). The first-order valence-electron chi connectivity index (χ1n) is 9.03. The van der Waals surface area contributed by atoms with Gasteiger partial charge in [-0.05, 0) is 61.0 Å². The van der Waals surface area contributed by atoms with Crippen LogP contribution in [0, 0.1) is 5.82 Å². The van der Waals surface area contributed by atoms with Crippen molar-refractivity contribution >= 4 is 34.6 Å². The number of ether oxygens (including phenoxy) is 1. The molecule has 0 bridgehead atoms. The number of methoxy groups -OCH3 is 1. The molecule has 0 unspecified atom stereocenters. The highest BCUT2D eigenvalue weighted by Crippen LogP contribution is 2.37. The summed E-state index contributed by atoms with van der Waals surface area (Å²) in [7, 11) is 1.47. The van der Waals surface area contributed by atoms with Gasteiger partial charge in [-0.15, -0.1) is 6.58 Å². The van der Waals surface area contributed by atoms with E-state index in [1.54, 1.807) is 42.5 Å². The van der Waals surface area contributed by atoms with Crippen molar-refractivity contribution in [3.05, 3.63) is 70.9 Å². The first-order chi connectivity index (χ1) is 14.0. The second-order valence-electron chi connectivity index (χ2n) is 6.23. The lowest BCUT2D eigenvalue weighted by Gasteiger charge is -2.12. The number of benzene rings is 2. The van der Waals surface area contributed by atoms with Crippen LogP contribution in [0.2, 0.25) is 0 Å². The van der Waals surface area contributed by atoms with E-state index in [2.05, 4.69) is 11.6 Å². The zero-order chi connectivity index (χ0) is 21.0. The van der Waals surface area contributed by atoms with Crippen LogP contribution in [-0.2, 0) is 11.2 Å². The third-order valence-electron chi connectivity index (χ3n) is 4.33. The Morgan fingerprint density at radius 1 is 1.34 bits per heavy atom. The van der Waals surface area contributed by atoms with Gasteiger partial charge in [-0.25, -0.2) is 9.38 Å². The number of aliphatic imine (C=N–C) groups is 1. The molecule has 0 atom stereocenters. The number of likely N-dealkylation sites (N-methyl/N-ethyl adjacent to an activating group) is 1. The molecule has 1 aliphatic rings. The third kappa shape index (κ3) is 4.35. The molecule has 7 heteroatoms. The zero-order valence-corrected chi connectivity index (χ0v) is 17.0. The predicted octanol–water partition coefficient (Wildman–Crippen LogP) is 4.89. The van der Waals surface area contributed by atoms with Crippen LogP contribution in [0.5, 0.6) is 11.5 Å². The van der Waals surface area contributed by atoms with E-state index in [1.165, 1.54) is 29.8 Å². The Balaban J connectivity index is 2.00. The number of allylic oxidation sites excluding steroid dienone is 1. The van der Waals surface area contributed by atoms with E-state index >= 15 is 0 Å². The van der Waals surface area contributed by atoms with Gasteiger partial charge in [0.1, 0.15) is 11.5 Å². The lowest BCUT2D eigenvalue weighted by molar-refractivity contribution is -0.122. The summed E-state index contributed by atoms with van der Waals surface area (Å²) in [5, 5.41) is 10.7. The quantitative estimate of drug-likeness (QED) is 0.542. The summed E-state index contributed by atoms with van der Waals surface area (Å²) in [6, 6.07) is 9.62. The molecule has 0 spiro atoms. The second kappa shape index (κ2) is 8.96. The maximum absolute atomic E-state index is 14.0. The molecule has 2 aromatic rings. The van der Waals surface area contributed by atoms with Gasteiger partial charge in [-0.1, -0.05) is 18.2 Å². The largest absolute Gasteiger partial charge is 0.504 e. The number of hydrogen-bond acceptors (Lipinski definition) is 5. The summed E-state index contributed by atoms with van der Waals surface area (Å²) >= 11 is 1.18. The molecule has 29 heavy (non-hydrogen) atoms. The first kappa shape index (κ1) is 20.7. The van der Waals surface area contributed by atoms with Gasteiger partial charge in [-0.2, -0.15) is 0 Å². The number of para-hydroxylation sites is 1. The van der Waals surface area contributed by atoms with Crippen LogP contribution in [0.25, 0.3) is 6.08 Å². The molecule has 0 aliphatic carbocycles. The van der Waals surface area contributed by atoms with Crippen molar-refractivity contribution in [3.63, 3.8) is 0 Å². The van der Waals surface area contributed by atoms with E-state index in [4.69, 9.17) is 4.74 Å². The smallest absolute Gasteiger partial charge is 0.266 e. The zero-order valence-electron chi connectivity index (χ0n) is 16.2. The summed E-state index contributed by atoms with van der Waals surface area (Å²) in [6.45, 7) is 5.95. The highest BCUT2D eigenvalue weighted by molar-refractivity contribution is 8.18. The van der Waals surface area contributed by atoms with Crippen molar-refractivity contribution < 1.29 is 19.0 Å². The molecule has 1 N–H and O–H groups in total. The standard InChI is InChI=1S/C22H21FN2O3S/c1-4-8-15-11-14(12-18(28-3)20(15)26)13-19-21(27)25(5-2)22(29-19)24-17-10-7-6-9-16(17)23/h4,6-7,9-13,26H,1,5,8H2,2-3H3/b19-13+,24-22?. The Morgan fingerprint density at radius 2 is 2.10 bits per heavy atom. The number of amidine groups is 1. The molecule has 5 nitrogen and oxygen atoms in total. The highest BCUT2D eigenvalue weighted by Gasteiger charge is 2.32. The van der Waals surface area contributed by atoms with Crippen molar-refractivity contribution in [2.24, 2.45) is 4.99 Å². The lowest BCUT2D eigenvalue weighted by atomic mass is 10.1. The summed E-state index contributed by atoms with van der Waals surface area (Å²) in [5.74, 6) is -0.278. The Labute approximate surface area is 173 Å². The predicted molar refractivity (Wildman–Crippen MR) is 115 cm³/mol. The monoisotopic (exact) mass is 412 g/mol. The van der Waals surface area contributed by atoms with Crippen LogP contribution in [0.4, 0.5) is 10.1 Å². The van der Waals surface area contributed by atoms with E-state index in [9.17, 15) is 14.3 Å². The fourth-order valence-corrected chi connectivity index (χ4v) is 3.96. The molecule has 0 aromatic heterocycles. The molecule has 1 fully saturated rings. The van der Waals surface area contributed by atoms with Gasteiger partial charge in [0.2, 0.25) is 0 Å². The third-order valence-corrected chi connectivity index (χ3v) is 5.34. The lowest BCUT2D eigenvalue weighted by Crippen LogP contribution is -2.28. The van der Waals surface area contributed by atoms with Crippen molar-refractivity contribution in [3.8, 4) is 11.5 Å². The van der Waals surface area contributed by atoms with Gasteiger partial charge in [0, 0.05) is 12.1 Å². The van der Waals surface area contributed by atoms with Gasteiger partial charge in [0.05, 0.1) is 12.0 Å². The van der Waals surface area contributed by atoms with Gasteiger partial charge >= 0.3 is 0 Å². The van der Waals surface area contributed by atoms with Crippen LogP contribution in [0.3, 0.4) is 0 Å². The summed E-state index contributed by atoms with van der Waals surface area (Å²) in [5.41, 5.74) is 1.53. The van der Waals surface area contributed by atoms with Crippen LogP contribution < -0.4 is 4.74 Å². The second-order valence-corrected chi connectivity index (χ2v) is 7.24. The summed E-state index contributed by atoms with van der Waals surface area (Å²) in [4.78, 5) is 19.1. The van der Waals surface area contributed by atoms with Crippen LogP contribution in [-0.4, -0.2) is 34.7 Å². The Hall–Kier alpha value is -3.06. The average molecular weight is 412 g/mol. The number of carbonyl (C=O) groups is 1. The molecule has 1 heterocycles. The van der Waals surface area contributed by atoms with E-state index in [1.807, 2.05) is 6.92 Å². The van der Waals surface area contributed by atoms with Crippen LogP contribution in [0.15, 0.2) is 59.0 Å². The molecule has 1 amide bonds. The fraction of sp³-hybridized carbons (Fsp3) is 0.182. The number of carbonyl (C=O) groups excluding carboxylic acids is 1. The van der Waals surface area contributed by atoms with Crippen molar-refractivity contribution in [2.45, 2.75) is 13.3 Å². The molecule has 0 saturated carbocycles. The average Bonchev–Trinajstić information content (AvgIpc) is 3.00. The minimum atomic E-state index is -0.445. The number of nitrogens with zero attached hydrogens (tertiary/aromatic N) is 2. The molecule has 1 aliphatic heterocycles. The topological polar surface area (TPSA) is 62.1 Å². The van der Waals surface area contributed by atoms with Crippen LogP contribution >= 0.6 is 11.8 Å². The molecule has 0 radical (unpaired) electrons. The molecule has 1 saturated heterocycles. The number of amides is 1. The van der Waals surface area contributed by atoms with Gasteiger partial charge in [0.25, 0.3) is 5.91 Å². The minimum Gasteiger partial charge on any atom is -0.504 e. The van der Waals surface area contributed by atoms with Crippen LogP contribution in [0.1, 0.15) is 18.1 Å². The molecule has 150 valence electrons. The molecular formula is C22H21FN2O3S. The number of thioether (sulfide) groups is 1. The number of phenolic OH excluding ortho intramolecular Hbond substituents is 1. The van der Waals surface area contributed by atoms with Gasteiger partial charge in [0.15, 0.2) is 16.7 Å². The summed E-state index contributed by atoms with van der Waals surface area (Å²) in [6.07, 6.45) is 3.86. The Bertz CT molecular complexity index is 1020. The van der Waals surface area contributed by atoms with Gasteiger partial charge < -0.3 is 9.84 Å². The molecular weight excluding hydrogens is 391 g/mol. The van der Waals surface area contributed by atoms with E-state index in [0.29, 0.717) is 39.9 Å². The SMILES string of the molecule is C=CCc1cc(/C=C2/SC(=Nc3ccccc3F)N(CC)C2=O)cc(OC)c1O. The highest BCUT2D eigenvalue weighted by atomic mass is 32.2. The Kier molecular flexibility index (Phi) is 6.39. The van der Waals surface area contributed by atoms with Gasteiger partial charge in [-0.3, -0.25) is 9.69 Å². The maximum atomic E-state index is 14.0. The Morgan fingerprint density at radius 3 is 2.76 bits per heavy atom. The first-order valence-corrected chi connectivity index (χ1v) is 9.85. The molecule has 2 aromatic carbocycles. The number of aromatic hydroxyl groups is 1. The number of halogens is 1. The maximum Gasteiger partial charge on any atom is 0.266 e. The minimum absolute atomic E-state index is 0.0527. The van der Waals surface area contributed by atoms with E-state index in [-0.39, 0.29) is 17.3 Å².